The van der Waals surface area contributed by atoms with Gasteiger partial charge in [-0.15, -0.1) is 0 Å². The fourth-order valence-electron chi connectivity index (χ4n) is 5.79. The molecule has 0 spiro atoms. The molecule has 2 N–H and O–H groups in total. The normalized spacial score (nSPS) is 15.1. The van der Waals surface area contributed by atoms with Gasteiger partial charge in [-0.3, -0.25) is 9.36 Å². The van der Waals surface area contributed by atoms with Gasteiger partial charge in [0.1, 0.15) is 13.2 Å². The Bertz CT molecular complexity index is 1200. The van der Waals surface area contributed by atoms with Gasteiger partial charge in [0, 0.05) is 6.42 Å². The van der Waals surface area contributed by atoms with E-state index in [1.165, 1.54) is 64.2 Å². The molecule has 57 heavy (non-hydrogen) atoms. The fraction of sp³-hybridized carbons (Fsp3) is 0.688. The van der Waals surface area contributed by atoms with Crippen LogP contribution in [0, 0.1) is 0 Å². The standard InChI is InChI=1S/C48H85N2O6P/c1-6-8-10-12-13-14-15-16-17-18-19-20-21-22-23-24-25-26-27-28-29-30-31-32-33-34-35-36-37-38-40-42-48(52)49-46(47(51)41-39-11-9-7-2)45-56-57(53,54)55-44-43-50(3,4)5/h8,10,13-14,16-17,19-20,22-23,25-26,39,41,46-47,51H,6-7,9,11-12,15,18,21,24,27-38,40,42-45H2,1-5H3,(H-,49,52,53,54)/b10-8-,14-13-,17-16-,20-19-,23-22-,26-25-,41-39+. The molecule has 0 bridgehead atoms. The zero-order valence-electron chi connectivity index (χ0n) is 37.0. The Morgan fingerprint density at radius 2 is 1.07 bits per heavy atom. The maximum atomic E-state index is 12.7. The number of nitrogens with zero attached hydrogens (tertiary/aromatic N) is 1. The minimum atomic E-state index is -4.57. The monoisotopic (exact) mass is 817 g/mol. The summed E-state index contributed by atoms with van der Waals surface area (Å²) in [5.41, 5.74) is 0. The van der Waals surface area contributed by atoms with Gasteiger partial charge in [-0.1, -0.05) is 176 Å². The predicted octanol–water partition coefficient (Wildman–Crippen LogP) is 11.9. The molecule has 0 saturated heterocycles. The lowest BCUT2D eigenvalue weighted by Gasteiger charge is -2.29. The zero-order chi connectivity index (χ0) is 42.1. The molecular formula is C48H85N2O6P. The van der Waals surface area contributed by atoms with Crippen LogP contribution in [-0.4, -0.2) is 68.5 Å². The molecule has 328 valence electrons. The molecule has 0 heterocycles. The third-order valence-electron chi connectivity index (χ3n) is 9.36. The minimum Gasteiger partial charge on any atom is -0.756 e. The van der Waals surface area contributed by atoms with E-state index in [-0.39, 0.29) is 19.1 Å². The van der Waals surface area contributed by atoms with Gasteiger partial charge in [0.25, 0.3) is 7.82 Å². The van der Waals surface area contributed by atoms with E-state index in [0.29, 0.717) is 17.4 Å². The van der Waals surface area contributed by atoms with Crippen molar-refractivity contribution in [3.8, 4) is 0 Å². The molecule has 0 aliphatic carbocycles. The van der Waals surface area contributed by atoms with E-state index in [4.69, 9.17) is 9.05 Å². The molecule has 0 aliphatic heterocycles. The van der Waals surface area contributed by atoms with Crippen LogP contribution in [0.3, 0.4) is 0 Å². The largest absolute Gasteiger partial charge is 0.756 e. The van der Waals surface area contributed by atoms with Gasteiger partial charge in [0.05, 0.1) is 39.9 Å². The molecule has 0 aromatic heterocycles. The number of amides is 1. The molecular weight excluding hydrogens is 732 g/mol. The van der Waals surface area contributed by atoms with Crippen molar-refractivity contribution < 1.29 is 32.9 Å². The molecule has 1 amide bonds. The second kappa shape index (κ2) is 39.2. The summed E-state index contributed by atoms with van der Waals surface area (Å²) in [4.78, 5) is 25.0. The lowest BCUT2D eigenvalue weighted by molar-refractivity contribution is -0.870. The summed E-state index contributed by atoms with van der Waals surface area (Å²) in [6.45, 7) is 4.35. The van der Waals surface area contributed by atoms with Crippen LogP contribution in [0.4, 0.5) is 0 Å². The maximum Gasteiger partial charge on any atom is 0.268 e. The van der Waals surface area contributed by atoms with Crippen molar-refractivity contribution in [2.75, 3.05) is 40.9 Å². The summed E-state index contributed by atoms with van der Waals surface area (Å²) >= 11 is 0. The van der Waals surface area contributed by atoms with Gasteiger partial charge in [0.2, 0.25) is 5.91 Å². The first kappa shape index (κ1) is 54.7. The first-order chi connectivity index (χ1) is 27.5. The summed E-state index contributed by atoms with van der Waals surface area (Å²) in [6.07, 6.45) is 54.2. The van der Waals surface area contributed by atoms with Gasteiger partial charge >= 0.3 is 0 Å². The number of aliphatic hydroxyl groups excluding tert-OH is 1. The lowest BCUT2D eigenvalue weighted by atomic mass is 10.0. The summed E-state index contributed by atoms with van der Waals surface area (Å²) < 4.78 is 22.9. The van der Waals surface area contributed by atoms with Crippen molar-refractivity contribution in [3.05, 3.63) is 85.1 Å². The number of likely N-dealkylation sites (N-methyl/N-ethyl adjacent to an activating group) is 1. The van der Waals surface area contributed by atoms with Crippen LogP contribution in [0.25, 0.3) is 0 Å². The van der Waals surface area contributed by atoms with Gasteiger partial charge < -0.3 is 28.8 Å². The number of carbonyl (C=O) groups is 1. The van der Waals surface area contributed by atoms with Crippen LogP contribution in [0.1, 0.15) is 162 Å². The van der Waals surface area contributed by atoms with Gasteiger partial charge in [-0.05, 0) is 64.2 Å². The quantitative estimate of drug-likeness (QED) is 0.0277. The molecule has 0 saturated carbocycles. The highest BCUT2D eigenvalue weighted by atomic mass is 31.2. The highest BCUT2D eigenvalue weighted by Gasteiger charge is 2.23. The van der Waals surface area contributed by atoms with Gasteiger partial charge in [0.15, 0.2) is 0 Å². The van der Waals surface area contributed by atoms with E-state index in [9.17, 15) is 19.4 Å². The summed E-state index contributed by atoms with van der Waals surface area (Å²) in [6, 6.07) is -0.887. The average Bonchev–Trinajstić information content (AvgIpc) is 3.16. The van der Waals surface area contributed by atoms with Gasteiger partial charge in [-0.25, -0.2) is 0 Å². The van der Waals surface area contributed by atoms with Crippen molar-refractivity contribution in [2.45, 2.75) is 174 Å². The van der Waals surface area contributed by atoms with Crippen molar-refractivity contribution in [1.29, 1.82) is 0 Å². The van der Waals surface area contributed by atoms with Crippen molar-refractivity contribution in [3.63, 3.8) is 0 Å². The van der Waals surface area contributed by atoms with E-state index in [2.05, 4.69) is 92.1 Å². The third kappa shape index (κ3) is 41.6. The molecule has 3 atom stereocenters. The molecule has 9 heteroatoms. The van der Waals surface area contributed by atoms with E-state index in [1.807, 2.05) is 27.2 Å². The van der Waals surface area contributed by atoms with E-state index in [0.717, 1.165) is 77.0 Å². The number of carbonyl (C=O) groups excluding carboxylic acids is 1. The Morgan fingerprint density at radius 1 is 0.632 bits per heavy atom. The van der Waals surface area contributed by atoms with E-state index in [1.54, 1.807) is 6.08 Å². The SMILES string of the molecule is CC/C=C\C/C=C\C/C=C\C/C=C\C/C=C\C/C=C\CCCCCCCCCCCCCCC(=O)NC(COP(=O)([O-])OCC[N+](C)(C)C)C(O)/C=C/CCCC. The van der Waals surface area contributed by atoms with Crippen LogP contribution in [0.15, 0.2) is 85.1 Å². The number of aliphatic hydroxyl groups is 1. The lowest BCUT2D eigenvalue weighted by Crippen LogP contribution is -2.45. The second-order valence-corrected chi connectivity index (χ2v) is 17.4. The number of quaternary nitrogens is 1. The topological polar surface area (TPSA) is 108 Å². The number of hydrogen-bond acceptors (Lipinski definition) is 6. The van der Waals surface area contributed by atoms with Crippen molar-refractivity contribution >= 4 is 13.7 Å². The molecule has 0 aliphatic rings. The molecule has 0 fully saturated rings. The molecule has 0 aromatic carbocycles. The van der Waals surface area contributed by atoms with Crippen LogP contribution in [-0.2, 0) is 18.4 Å². The molecule has 0 aromatic rings. The third-order valence-corrected chi connectivity index (χ3v) is 10.3. The van der Waals surface area contributed by atoms with Crippen molar-refractivity contribution in [2.24, 2.45) is 0 Å². The highest BCUT2D eigenvalue weighted by Crippen LogP contribution is 2.38. The van der Waals surface area contributed by atoms with Crippen LogP contribution < -0.4 is 10.2 Å². The Kier molecular flexibility index (Phi) is 37.6. The zero-order valence-corrected chi connectivity index (χ0v) is 37.9. The fourth-order valence-corrected chi connectivity index (χ4v) is 6.51. The predicted molar refractivity (Wildman–Crippen MR) is 242 cm³/mol. The van der Waals surface area contributed by atoms with Crippen LogP contribution >= 0.6 is 7.82 Å². The Balaban J connectivity index is 3.93. The number of phosphoric ester groups is 1. The average molecular weight is 817 g/mol. The summed E-state index contributed by atoms with van der Waals surface area (Å²) in [5, 5.41) is 13.5. The number of rotatable bonds is 39. The summed E-state index contributed by atoms with van der Waals surface area (Å²) in [7, 11) is 1.24. The van der Waals surface area contributed by atoms with E-state index < -0.39 is 20.0 Å². The van der Waals surface area contributed by atoms with Crippen LogP contribution in [0.2, 0.25) is 0 Å². The summed E-state index contributed by atoms with van der Waals surface area (Å²) in [5.74, 6) is -0.214. The number of allylic oxidation sites excluding steroid dienone is 13. The van der Waals surface area contributed by atoms with Crippen LogP contribution in [0.5, 0.6) is 0 Å². The Hall–Kier alpha value is -2.32. The minimum absolute atomic E-state index is 0.00633. The molecule has 8 nitrogen and oxygen atoms in total. The Labute approximate surface area is 350 Å². The maximum absolute atomic E-state index is 12.7. The number of phosphoric acid groups is 1. The smallest absolute Gasteiger partial charge is 0.268 e. The first-order valence-corrected chi connectivity index (χ1v) is 23.9. The molecule has 3 unspecified atom stereocenters. The van der Waals surface area contributed by atoms with Crippen molar-refractivity contribution in [1.82, 2.24) is 5.32 Å². The molecule has 0 rings (SSSR count). The number of nitrogens with one attached hydrogen (secondary N) is 1. The second-order valence-electron chi connectivity index (χ2n) is 16.0. The van der Waals surface area contributed by atoms with Gasteiger partial charge in [-0.2, -0.15) is 0 Å². The number of unbranched alkanes of at least 4 members (excludes halogenated alkanes) is 14. The molecule has 0 radical (unpaired) electrons. The van der Waals surface area contributed by atoms with E-state index >= 15 is 0 Å². The Morgan fingerprint density at radius 3 is 1.54 bits per heavy atom. The highest BCUT2D eigenvalue weighted by molar-refractivity contribution is 7.45. The number of hydrogen-bond donors (Lipinski definition) is 2. The first-order valence-electron chi connectivity index (χ1n) is 22.4.